The number of nitrogens with one attached hydrogen (secondary N) is 2. The Morgan fingerprint density at radius 3 is 2.42 bits per heavy atom. The standard InChI is InChI=1S/C20H23N5O/c21-14-18-6-5-7-19(23-18)15-22-16-8-10-17(11-9-16)24-20(26)25-12-3-1-2-4-13-25/h5-11,22H,1-4,12-13,15H2,(H,24,26). The molecule has 2 heterocycles. The number of nitriles is 1. The van der Waals surface area contributed by atoms with Gasteiger partial charge >= 0.3 is 6.03 Å². The van der Waals surface area contributed by atoms with Crippen molar-refractivity contribution in [3.05, 3.63) is 53.9 Å². The maximum Gasteiger partial charge on any atom is 0.321 e. The number of urea groups is 1. The first-order chi connectivity index (χ1) is 12.7. The SMILES string of the molecule is N#Cc1cccc(CNc2ccc(NC(=O)N3CCCCCC3)cc2)n1. The molecule has 1 aliphatic rings. The van der Waals surface area contributed by atoms with Crippen molar-refractivity contribution >= 4 is 17.4 Å². The molecule has 0 bridgehead atoms. The Balaban J connectivity index is 1.53. The average molecular weight is 349 g/mol. The van der Waals surface area contributed by atoms with E-state index in [4.69, 9.17) is 5.26 Å². The van der Waals surface area contributed by atoms with Crippen LogP contribution in [0, 0.1) is 11.3 Å². The topological polar surface area (TPSA) is 81.0 Å². The third kappa shape index (κ3) is 4.96. The molecule has 2 aromatic rings. The molecule has 0 saturated carbocycles. The highest BCUT2D eigenvalue weighted by atomic mass is 16.2. The summed E-state index contributed by atoms with van der Waals surface area (Å²) in [6, 6.07) is 15.0. The number of hydrogen-bond donors (Lipinski definition) is 2. The molecule has 26 heavy (non-hydrogen) atoms. The van der Waals surface area contributed by atoms with E-state index in [2.05, 4.69) is 15.6 Å². The minimum atomic E-state index is -0.0230. The van der Waals surface area contributed by atoms with Crippen LogP contribution >= 0.6 is 0 Å². The summed E-state index contributed by atoms with van der Waals surface area (Å²) >= 11 is 0. The van der Waals surface area contributed by atoms with E-state index >= 15 is 0 Å². The molecular formula is C20H23N5O. The van der Waals surface area contributed by atoms with E-state index in [1.807, 2.05) is 47.4 Å². The smallest absolute Gasteiger partial charge is 0.321 e. The molecule has 1 saturated heterocycles. The average Bonchev–Trinajstić information content (AvgIpc) is 2.97. The van der Waals surface area contributed by atoms with Crippen molar-refractivity contribution in [2.24, 2.45) is 0 Å². The third-order valence-corrected chi connectivity index (χ3v) is 4.42. The van der Waals surface area contributed by atoms with Crippen LogP contribution in [0.4, 0.5) is 16.2 Å². The van der Waals surface area contributed by atoms with Crippen molar-refractivity contribution in [1.82, 2.24) is 9.88 Å². The molecule has 2 amide bonds. The van der Waals surface area contributed by atoms with Gasteiger partial charge in [0.15, 0.2) is 0 Å². The highest BCUT2D eigenvalue weighted by Crippen LogP contribution is 2.16. The fourth-order valence-electron chi connectivity index (χ4n) is 2.98. The van der Waals surface area contributed by atoms with Crippen LogP contribution in [0.25, 0.3) is 0 Å². The molecule has 3 rings (SSSR count). The van der Waals surface area contributed by atoms with Crippen molar-refractivity contribution in [1.29, 1.82) is 5.26 Å². The van der Waals surface area contributed by atoms with E-state index in [1.165, 1.54) is 12.8 Å². The van der Waals surface area contributed by atoms with Crippen LogP contribution < -0.4 is 10.6 Å². The van der Waals surface area contributed by atoms with Gasteiger partial charge in [-0.1, -0.05) is 18.9 Å². The van der Waals surface area contributed by atoms with Crippen LogP contribution in [0.5, 0.6) is 0 Å². The number of hydrogen-bond acceptors (Lipinski definition) is 4. The van der Waals surface area contributed by atoms with Gasteiger partial charge in [-0.15, -0.1) is 0 Å². The summed E-state index contributed by atoms with van der Waals surface area (Å²) in [5.41, 5.74) is 2.94. The zero-order chi connectivity index (χ0) is 18.2. The second kappa shape index (κ2) is 8.86. The minimum Gasteiger partial charge on any atom is -0.379 e. The van der Waals surface area contributed by atoms with Crippen LogP contribution in [0.2, 0.25) is 0 Å². The largest absolute Gasteiger partial charge is 0.379 e. The monoisotopic (exact) mass is 349 g/mol. The maximum atomic E-state index is 12.3. The lowest BCUT2D eigenvalue weighted by molar-refractivity contribution is 0.214. The van der Waals surface area contributed by atoms with Gasteiger partial charge in [0.2, 0.25) is 0 Å². The molecule has 1 aromatic carbocycles. The van der Waals surface area contributed by atoms with E-state index in [9.17, 15) is 4.79 Å². The first-order valence-corrected chi connectivity index (χ1v) is 9.00. The summed E-state index contributed by atoms with van der Waals surface area (Å²) < 4.78 is 0. The number of benzene rings is 1. The summed E-state index contributed by atoms with van der Waals surface area (Å²) in [5.74, 6) is 0. The van der Waals surface area contributed by atoms with E-state index in [1.54, 1.807) is 6.07 Å². The molecule has 0 aliphatic carbocycles. The second-order valence-electron chi connectivity index (χ2n) is 6.39. The van der Waals surface area contributed by atoms with E-state index in [-0.39, 0.29) is 6.03 Å². The fraction of sp³-hybridized carbons (Fsp3) is 0.350. The normalized spacial score (nSPS) is 14.2. The summed E-state index contributed by atoms with van der Waals surface area (Å²) in [4.78, 5) is 18.5. The maximum absolute atomic E-state index is 12.3. The number of amides is 2. The van der Waals surface area contributed by atoms with Crippen molar-refractivity contribution in [3.8, 4) is 6.07 Å². The summed E-state index contributed by atoms with van der Waals surface area (Å²) in [7, 11) is 0. The molecule has 6 nitrogen and oxygen atoms in total. The predicted octanol–water partition coefficient (Wildman–Crippen LogP) is 3.97. The highest BCUT2D eigenvalue weighted by molar-refractivity contribution is 5.89. The first kappa shape index (κ1) is 17.7. The van der Waals surface area contributed by atoms with Gasteiger partial charge in [-0.3, -0.25) is 0 Å². The Hall–Kier alpha value is -3.07. The molecule has 1 aliphatic heterocycles. The van der Waals surface area contributed by atoms with Gasteiger partial charge in [0, 0.05) is 24.5 Å². The van der Waals surface area contributed by atoms with Gasteiger partial charge in [0.25, 0.3) is 0 Å². The van der Waals surface area contributed by atoms with Crippen molar-refractivity contribution in [3.63, 3.8) is 0 Å². The number of pyridine rings is 1. The molecule has 134 valence electrons. The van der Waals surface area contributed by atoms with Gasteiger partial charge in [-0.2, -0.15) is 5.26 Å². The van der Waals surface area contributed by atoms with E-state index < -0.39 is 0 Å². The third-order valence-electron chi connectivity index (χ3n) is 4.42. The van der Waals surface area contributed by atoms with Gasteiger partial charge in [0.05, 0.1) is 12.2 Å². The molecule has 0 spiro atoms. The first-order valence-electron chi connectivity index (χ1n) is 9.00. The van der Waals surface area contributed by atoms with Gasteiger partial charge < -0.3 is 15.5 Å². The summed E-state index contributed by atoms with van der Waals surface area (Å²) in [6.45, 7) is 2.20. The second-order valence-corrected chi connectivity index (χ2v) is 6.39. The lowest BCUT2D eigenvalue weighted by atomic mass is 10.2. The van der Waals surface area contributed by atoms with Crippen molar-refractivity contribution in [2.75, 3.05) is 23.7 Å². The molecule has 1 fully saturated rings. The highest BCUT2D eigenvalue weighted by Gasteiger charge is 2.15. The molecule has 0 radical (unpaired) electrons. The lowest BCUT2D eigenvalue weighted by Gasteiger charge is -2.20. The Bertz CT molecular complexity index is 774. The number of rotatable bonds is 4. The molecular weight excluding hydrogens is 326 g/mol. The number of aromatic nitrogens is 1. The fourth-order valence-corrected chi connectivity index (χ4v) is 2.98. The summed E-state index contributed by atoms with van der Waals surface area (Å²) in [6.07, 6.45) is 4.57. The Morgan fingerprint density at radius 1 is 1.04 bits per heavy atom. The minimum absolute atomic E-state index is 0.0230. The zero-order valence-corrected chi connectivity index (χ0v) is 14.7. The Morgan fingerprint density at radius 2 is 1.73 bits per heavy atom. The number of nitrogens with zero attached hydrogens (tertiary/aromatic N) is 3. The Labute approximate surface area is 153 Å². The lowest BCUT2D eigenvalue weighted by Crippen LogP contribution is -2.35. The van der Waals surface area contributed by atoms with E-state index in [0.717, 1.165) is 43.0 Å². The van der Waals surface area contributed by atoms with Crippen LogP contribution in [0.1, 0.15) is 37.1 Å². The number of likely N-dealkylation sites (tertiary alicyclic amines) is 1. The predicted molar refractivity (Wildman–Crippen MR) is 102 cm³/mol. The zero-order valence-electron chi connectivity index (χ0n) is 14.7. The number of anilines is 2. The Kier molecular flexibility index (Phi) is 6.05. The van der Waals surface area contributed by atoms with Crippen LogP contribution in [0.3, 0.4) is 0 Å². The van der Waals surface area contributed by atoms with Gasteiger partial charge in [-0.25, -0.2) is 9.78 Å². The number of carbonyl (C=O) groups excluding carboxylic acids is 1. The molecule has 1 aromatic heterocycles. The molecule has 0 unspecified atom stereocenters. The van der Waals surface area contributed by atoms with Gasteiger partial charge in [-0.05, 0) is 49.2 Å². The van der Waals surface area contributed by atoms with E-state index in [0.29, 0.717) is 12.2 Å². The van der Waals surface area contributed by atoms with Gasteiger partial charge in [0.1, 0.15) is 11.8 Å². The van der Waals surface area contributed by atoms with Crippen LogP contribution in [0.15, 0.2) is 42.5 Å². The molecule has 6 heteroatoms. The quantitative estimate of drug-likeness (QED) is 0.875. The van der Waals surface area contributed by atoms with Crippen LogP contribution in [-0.4, -0.2) is 29.0 Å². The molecule has 2 N–H and O–H groups in total. The number of carbonyl (C=O) groups is 1. The van der Waals surface area contributed by atoms with Crippen molar-refractivity contribution < 1.29 is 4.79 Å². The summed E-state index contributed by atoms with van der Waals surface area (Å²) in [5, 5.41) is 15.1. The van der Waals surface area contributed by atoms with Crippen molar-refractivity contribution in [2.45, 2.75) is 32.2 Å². The van der Waals surface area contributed by atoms with Crippen LogP contribution in [-0.2, 0) is 6.54 Å². The molecule has 0 atom stereocenters.